The minimum absolute atomic E-state index is 0.0340. The lowest BCUT2D eigenvalue weighted by Gasteiger charge is -1.98. The normalized spacial score (nSPS) is 9.38. The Morgan fingerprint density at radius 1 is 0.885 bits per heavy atom. The Hall–Kier alpha value is -2.20. The van der Waals surface area contributed by atoms with E-state index in [9.17, 15) is 9.59 Å². The van der Waals surface area contributed by atoms with Gasteiger partial charge in [0.1, 0.15) is 17.1 Å². The van der Waals surface area contributed by atoms with Crippen molar-refractivity contribution in [1.29, 1.82) is 0 Å². The van der Waals surface area contributed by atoms with Crippen LogP contribution in [-0.4, -0.2) is 30.7 Å². The van der Waals surface area contributed by atoms with E-state index in [0.29, 0.717) is 11.4 Å². The van der Waals surface area contributed by atoms with Gasteiger partial charge in [0.25, 0.3) is 5.24 Å². The van der Waals surface area contributed by atoms with Crippen LogP contribution in [0, 0.1) is 0 Å². The Morgan fingerprint density at radius 3 is 1.50 bits per heavy atom. The summed E-state index contributed by atoms with van der Waals surface area (Å²) in [6.45, 7) is 0. The van der Waals surface area contributed by atoms with Gasteiger partial charge in [-0.25, -0.2) is 9.00 Å². The topological polar surface area (TPSA) is 164 Å². The van der Waals surface area contributed by atoms with Gasteiger partial charge < -0.3 is 26.8 Å². The average molecular weight is 444 g/mol. The van der Waals surface area contributed by atoms with E-state index in [-0.39, 0.29) is 22.6 Å². The maximum absolute atomic E-state index is 10.6. The minimum Gasteiger partial charge on any atom is -0.507 e. The zero-order chi connectivity index (χ0) is 20.4. The van der Waals surface area contributed by atoms with Gasteiger partial charge in [0.05, 0.1) is 5.56 Å². The molecule has 0 atom stereocenters. The number of aromatic hydroxyl groups is 2. The molecule has 0 aliphatic heterocycles. The van der Waals surface area contributed by atoms with Crippen molar-refractivity contribution in [3.63, 3.8) is 0 Å². The molecule has 8 nitrogen and oxygen atoms in total. The van der Waals surface area contributed by atoms with Gasteiger partial charge in [-0.05, 0) is 48.0 Å². The Balaban J connectivity index is 0.000000401. The molecular formula is C14H13Cl3N2O6S. The number of nitrogen functional groups attached to an aromatic ring is 2. The highest BCUT2D eigenvalue weighted by Gasteiger charge is 2.08. The van der Waals surface area contributed by atoms with Crippen LogP contribution in [0.25, 0.3) is 0 Å². The summed E-state index contributed by atoms with van der Waals surface area (Å²) in [6, 6.07) is 8.02. The number of hydrogen-bond acceptors (Lipinski definition) is 7. The van der Waals surface area contributed by atoms with Gasteiger partial charge in [-0.3, -0.25) is 4.79 Å². The first-order chi connectivity index (χ1) is 12.0. The number of phenolic OH excluding ortho intramolecular Hbond substituents is 1. The van der Waals surface area contributed by atoms with Crippen LogP contribution < -0.4 is 11.5 Å². The fourth-order valence-corrected chi connectivity index (χ4v) is 1.59. The lowest BCUT2D eigenvalue weighted by atomic mass is 10.2. The summed E-state index contributed by atoms with van der Waals surface area (Å²) in [5.74, 6) is -1.61. The molecule has 142 valence electrons. The van der Waals surface area contributed by atoms with Gasteiger partial charge in [-0.15, -0.1) is 0 Å². The molecule has 0 saturated heterocycles. The first-order valence-electron chi connectivity index (χ1n) is 6.30. The Bertz CT molecular complexity index is 754. The fourth-order valence-electron chi connectivity index (χ4n) is 1.44. The van der Waals surface area contributed by atoms with Crippen LogP contribution in [0.4, 0.5) is 11.4 Å². The number of benzene rings is 2. The average Bonchev–Trinajstić information content (AvgIpc) is 2.51. The molecule has 0 bridgehead atoms. The van der Waals surface area contributed by atoms with Crippen LogP contribution in [-0.2, 0) is 9.23 Å². The van der Waals surface area contributed by atoms with Crippen molar-refractivity contribution < 1.29 is 29.1 Å². The van der Waals surface area contributed by atoms with Gasteiger partial charge in [0, 0.05) is 32.7 Å². The molecule has 0 heterocycles. The number of anilines is 2. The third-order valence-corrected chi connectivity index (χ3v) is 2.69. The predicted octanol–water partition coefficient (Wildman–Crippen LogP) is 3.07. The maximum atomic E-state index is 10.6. The number of phenols is 2. The van der Waals surface area contributed by atoms with E-state index in [1.165, 1.54) is 36.4 Å². The van der Waals surface area contributed by atoms with Crippen molar-refractivity contribution >= 4 is 64.8 Å². The number of carbonyl (C=O) groups is 2. The van der Waals surface area contributed by atoms with Crippen LogP contribution in [0.15, 0.2) is 36.4 Å². The first-order valence-corrected chi connectivity index (χ1v) is 9.48. The number of carboxylic acid groups (broad SMARTS) is 1. The molecule has 12 heteroatoms. The molecule has 2 rings (SSSR count). The maximum Gasteiger partial charge on any atom is 0.339 e. The second kappa shape index (κ2) is 11.4. The van der Waals surface area contributed by atoms with Gasteiger partial charge >= 0.3 is 5.97 Å². The molecular weight excluding hydrogens is 431 g/mol. The lowest BCUT2D eigenvalue weighted by Crippen LogP contribution is -1.97. The molecule has 0 aliphatic carbocycles. The van der Waals surface area contributed by atoms with E-state index in [0.717, 1.165) is 0 Å². The number of carbonyl (C=O) groups excluding carboxylic acids is 1. The van der Waals surface area contributed by atoms with Crippen molar-refractivity contribution in [3.05, 3.63) is 47.5 Å². The van der Waals surface area contributed by atoms with Crippen molar-refractivity contribution in [1.82, 2.24) is 0 Å². The smallest absolute Gasteiger partial charge is 0.339 e. The summed E-state index contributed by atoms with van der Waals surface area (Å²) in [7, 11) is 7.36. The summed E-state index contributed by atoms with van der Waals surface area (Å²) >= 11 is 5.13. The molecule has 0 unspecified atom stereocenters. The highest BCUT2D eigenvalue weighted by Crippen LogP contribution is 2.21. The van der Waals surface area contributed by atoms with Crippen molar-refractivity contribution in [2.45, 2.75) is 0 Å². The first kappa shape index (κ1) is 23.8. The number of nitrogens with two attached hydrogens (primary N) is 2. The van der Waals surface area contributed by atoms with Crippen LogP contribution in [0.1, 0.15) is 20.7 Å². The standard InChI is InChI=1S/C7H6ClNO2.C7H7NO3.Cl2OS/c8-7(11)5-3-4(9)1-2-6(5)10;8-4-1-2-6(9)5(3-4)7(10)11;1-4(2)3/h1-3,10H,9H2;1-3,9H,8H2,(H,10,11);. The highest BCUT2D eigenvalue weighted by molar-refractivity contribution is 8.26. The highest BCUT2D eigenvalue weighted by atomic mass is 36.0. The third-order valence-electron chi connectivity index (χ3n) is 2.48. The third kappa shape index (κ3) is 9.33. The number of hydrogen-bond donors (Lipinski definition) is 5. The van der Waals surface area contributed by atoms with E-state index < -0.39 is 20.4 Å². The van der Waals surface area contributed by atoms with E-state index in [2.05, 4.69) is 21.4 Å². The molecule has 2 aromatic carbocycles. The van der Waals surface area contributed by atoms with E-state index in [4.69, 9.17) is 42.6 Å². The molecule has 26 heavy (non-hydrogen) atoms. The molecule has 7 N–H and O–H groups in total. The van der Waals surface area contributed by atoms with Crippen LogP contribution in [0.3, 0.4) is 0 Å². The van der Waals surface area contributed by atoms with Gasteiger partial charge in [-0.1, -0.05) is 0 Å². The molecule has 0 spiro atoms. The summed E-state index contributed by atoms with van der Waals surface area (Å²) in [5.41, 5.74) is 11.2. The van der Waals surface area contributed by atoms with E-state index in [1.54, 1.807) is 0 Å². The zero-order valence-electron chi connectivity index (χ0n) is 12.7. The second-order valence-electron chi connectivity index (χ2n) is 4.32. The van der Waals surface area contributed by atoms with Gasteiger partial charge in [-0.2, -0.15) is 0 Å². The number of rotatable bonds is 2. The molecule has 0 aromatic heterocycles. The van der Waals surface area contributed by atoms with Crippen LogP contribution >= 0.6 is 33.0 Å². The summed E-state index contributed by atoms with van der Waals surface area (Å²) < 4.78 is 9.09. The fraction of sp³-hybridized carbons (Fsp3) is 0. The largest absolute Gasteiger partial charge is 0.507 e. The van der Waals surface area contributed by atoms with Crippen LogP contribution in [0.5, 0.6) is 11.5 Å². The summed E-state index contributed by atoms with van der Waals surface area (Å²) in [5, 5.41) is 25.8. The van der Waals surface area contributed by atoms with E-state index in [1.807, 2.05) is 0 Å². The molecule has 0 amide bonds. The molecule has 0 radical (unpaired) electrons. The Labute approximate surface area is 164 Å². The van der Waals surface area contributed by atoms with Crippen molar-refractivity contribution in [3.8, 4) is 11.5 Å². The monoisotopic (exact) mass is 442 g/mol. The quantitative estimate of drug-likeness (QED) is 0.268. The predicted molar refractivity (Wildman–Crippen MR) is 102 cm³/mol. The van der Waals surface area contributed by atoms with Gasteiger partial charge in [0.15, 0.2) is 0 Å². The second-order valence-corrected chi connectivity index (χ2v) is 7.18. The van der Waals surface area contributed by atoms with E-state index >= 15 is 0 Å². The molecule has 0 fully saturated rings. The molecule has 0 aliphatic rings. The number of carboxylic acids is 1. The number of halogens is 3. The zero-order valence-corrected chi connectivity index (χ0v) is 15.8. The molecule has 2 aromatic rings. The van der Waals surface area contributed by atoms with Gasteiger partial charge in [0.2, 0.25) is 9.23 Å². The minimum atomic E-state index is -1.67. The number of aromatic carboxylic acids is 1. The van der Waals surface area contributed by atoms with Crippen LogP contribution in [0.2, 0.25) is 0 Å². The Morgan fingerprint density at radius 2 is 1.23 bits per heavy atom. The SMILES string of the molecule is Nc1ccc(O)c(C(=O)Cl)c1.Nc1ccc(O)c(C(=O)O)c1.O=S(Cl)Cl. The lowest BCUT2D eigenvalue weighted by molar-refractivity contribution is 0.0693. The van der Waals surface area contributed by atoms with Crippen molar-refractivity contribution in [2.24, 2.45) is 0 Å². The van der Waals surface area contributed by atoms with Crippen molar-refractivity contribution in [2.75, 3.05) is 11.5 Å². The summed E-state index contributed by atoms with van der Waals surface area (Å²) in [6.07, 6.45) is 0. The summed E-state index contributed by atoms with van der Waals surface area (Å²) in [4.78, 5) is 20.9. The molecule has 0 saturated carbocycles. The Kier molecular flexibility index (Phi) is 10.5.